The first-order valence-corrected chi connectivity index (χ1v) is 6.08. The molecule has 6 heteroatoms. The van der Waals surface area contributed by atoms with E-state index in [4.69, 9.17) is 26.6 Å². The summed E-state index contributed by atoms with van der Waals surface area (Å²) < 4.78 is 11.4. The van der Waals surface area contributed by atoms with Crippen molar-refractivity contribution in [2.75, 3.05) is 0 Å². The third-order valence-electron chi connectivity index (χ3n) is 2.08. The zero-order chi connectivity index (χ0) is 12.3. The van der Waals surface area contributed by atoms with Gasteiger partial charge in [0.15, 0.2) is 5.76 Å². The first-order chi connectivity index (χ1) is 8.19. The van der Waals surface area contributed by atoms with Crippen LogP contribution >= 0.6 is 27.5 Å². The Kier molecular flexibility index (Phi) is 4.04. The quantitative estimate of drug-likeness (QED) is 0.941. The van der Waals surface area contributed by atoms with Crippen molar-refractivity contribution in [2.45, 2.75) is 13.2 Å². The molecule has 1 heterocycles. The van der Waals surface area contributed by atoms with Crippen LogP contribution in [0, 0.1) is 0 Å². The van der Waals surface area contributed by atoms with E-state index in [2.05, 4.69) is 21.1 Å². The maximum atomic E-state index is 5.83. The molecule has 90 valence electrons. The van der Waals surface area contributed by atoms with Gasteiger partial charge in [0.25, 0.3) is 0 Å². The van der Waals surface area contributed by atoms with Gasteiger partial charge in [0, 0.05) is 17.6 Å². The van der Waals surface area contributed by atoms with Crippen LogP contribution < -0.4 is 10.5 Å². The van der Waals surface area contributed by atoms with Gasteiger partial charge in [-0.25, -0.2) is 0 Å². The topological polar surface area (TPSA) is 61.3 Å². The highest BCUT2D eigenvalue weighted by atomic mass is 79.9. The molecule has 0 atom stereocenters. The fraction of sp³-hybridized carbons (Fsp3) is 0.182. The van der Waals surface area contributed by atoms with E-state index in [1.165, 1.54) is 0 Å². The molecular weight excluding hydrogens is 307 g/mol. The third kappa shape index (κ3) is 3.21. The lowest BCUT2D eigenvalue weighted by atomic mass is 10.3. The third-order valence-corrected chi connectivity index (χ3v) is 2.94. The van der Waals surface area contributed by atoms with Crippen molar-refractivity contribution in [3.05, 3.63) is 45.2 Å². The van der Waals surface area contributed by atoms with E-state index in [-0.39, 0.29) is 0 Å². The molecule has 2 aromatic rings. The molecule has 0 saturated heterocycles. The molecule has 2 N–H and O–H groups in total. The van der Waals surface area contributed by atoms with Crippen LogP contribution in [0.4, 0.5) is 0 Å². The second kappa shape index (κ2) is 5.53. The Balaban J connectivity index is 2.02. The van der Waals surface area contributed by atoms with Gasteiger partial charge in [-0.15, -0.1) is 0 Å². The summed E-state index contributed by atoms with van der Waals surface area (Å²) in [4.78, 5) is 0. The fourth-order valence-corrected chi connectivity index (χ4v) is 2.06. The number of rotatable bonds is 4. The lowest BCUT2D eigenvalue weighted by Gasteiger charge is -2.05. The van der Waals surface area contributed by atoms with Crippen molar-refractivity contribution in [2.24, 2.45) is 5.73 Å². The van der Waals surface area contributed by atoms with Gasteiger partial charge < -0.3 is 15.0 Å². The number of nitrogens with zero attached hydrogens (tertiary/aromatic N) is 1. The molecule has 0 unspecified atom stereocenters. The first-order valence-electron chi connectivity index (χ1n) is 4.91. The highest BCUT2D eigenvalue weighted by molar-refractivity contribution is 9.10. The molecule has 0 fully saturated rings. The van der Waals surface area contributed by atoms with Crippen molar-refractivity contribution in [1.82, 2.24) is 5.16 Å². The minimum Gasteiger partial charge on any atom is -0.484 e. The van der Waals surface area contributed by atoms with E-state index in [1.54, 1.807) is 24.3 Å². The van der Waals surface area contributed by atoms with E-state index in [0.29, 0.717) is 35.4 Å². The molecule has 2 rings (SSSR count). The molecule has 17 heavy (non-hydrogen) atoms. The van der Waals surface area contributed by atoms with Crippen LogP contribution in [0.15, 0.2) is 33.3 Å². The van der Waals surface area contributed by atoms with E-state index >= 15 is 0 Å². The predicted octanol–water partition coefficient (Wildman–Crippen LogP) is 3.13. The van der Waals surface area contributed by atoms with Crippen molar-refractivity contribution >= 4 is 27.5 Å². The highest BCUT2D eigenvalue weighted by Gasteiger charge is 2.06. The summed E-state index contributed by atoms with van der Waals surface area (Å²) in [7, 11) is 0. The molecule has 1 aromatic heterocycles. The van der Waals surface area contributed by atoms with Crippen LogP contribution in [0.5, 0.6) is 5.75 Å². The Morgan fingerprint density at radius 3 is 2.88 bits per heavy atom. The first kappa shape index (κ1) is 12.4. The van der Waals surface area contributed by atoms with Crippen LogP contribution in [-0.4, -0.2) is 5.16 Å². The standard InChI is InChI=1S/C11H10BrClN2O2/c12-10-3-7(13)1-2-11(10)16-6-9-4-8(5-14)15-17-9/h1-4H,5-6,14H2. The Labute approximate surface area is 112 Å². The van der Waals surface area contributed by atoms with Crippen molar-refractivity contribution in [3.63, 3.8) is 0 Å². The number of benzene rings is 1. The Hall–Kier alpha value is -1.04. The summed E-state index contributed by atoms with van der Waals surface area (Å²) in [6.07, 6.45) is 0. The summed E-state index contributed by atoms with van der Waals surface area (Å²) in [6.45, 7) is 0.654. The van der Waals surface area contributed by atoms with E-state index < -0.39 is 0 Å². The zero-order valence-corrected chi connectivity index (χ0v) is 11.2. The number of ether oxygens (including phenoxy) is 1. The lowest BCUT2D eigenvalue weighted by molar-refractivity contribution is 0.247. The maximum Gasteiger partial charge on any atom is 0.174 e. The zero-order valence-electron chi connectivity index (χ0n) is 8.82. The monoisotopic (exact) mass is 316 g/mol. The van der Waals surface area contributed by atoms with Gasteiger partial charge in [0.2, 0.25) is 0 Å². The van der Waals surface area contributed by atoms with Crippen LogP contribution in [-0.2, 0) is 13.2 Å². The average molecular weight is 318 g/mol. The smallest absolute Gasteiger partial charge is 0.174 e. The van der Waals surface area contributed by atoms with Crippen molar-refractivity contribution in [3.8, 4) is 5.75 Å². The summed E-state index contributed by atoms with van der Waals surface area (Å²) in [6, 6.07) is 7.08. The second-order valence-corrected chi connectivity index (χ2v) is 4.64. The Morgan fingerprint density at radius 2 is 2.24 bits per heavy atom. The largest absolute Gasteiger partial charge is 0.484 e. The number of hydrogen-bond acceptors (Lipinski definition) is 4. The maximum absolute atomic E-state index is 5.83. The van der Waals surface area contributed by atoms with Gasteiger partial charge in [-0.1, -0.05) is 16.8 Å². The Morgan fingerprint density at radius 1 is 1.41 bits per heavy atom. The summed E-state index contributed by atoms with van der Waals surface area (Å²) in [5.74, 6) is 1.33. The molecule has 0 aliphatic rings. The SMILES string of the molecule is NCc1cc(COc2ccc(Cl)cc2Br)on1. The minimum atomic E-state index is 0.299. The minimum absolute atomic E-state index is 0.299. The summed E-state index contributed by atoms with van der Waals surface area (Å²) in [5.41, 5.74) is 6.13. The molecule has 0 bridgehead atoms. The molecule has 0 aliphatic carbocycles. The van der Waals surface area contributed by atoms with Crippen LogP contribution in [0.25, 0.3) is 0 Å². The van der Waals surface area contributed by atoms with E-state index in [1.807, 2.05) is 0 Å². The summed E-state index contributed by atoms with van der Waals surface area (Å²) >= 11 is 9.19. The van der Waals surface area contributed by atoms with Gasteiger partial charge in [-0.05, 0) is 34.1 Å². The molecule has 4 nitrogen and oxygen atoms in total. The number of halogens is 2. The predicted molar refractivity (Wildman–Crippen MR) is 67.9 cm³/mol. The number of nitrogens with two attached hydrogens (primary N) is 1. The van der Waals surface area contributed by atoms with Gasteiger partial charge in [0.1, 0.15) is 12.4 Å². The van der Waals surface area contributed by atoms with Crippen LogP contribution in [0.3, 0.4) is 0 Å². The van der Waals surface area contributed by atoms with Crippen LogP contribution in [0.2, 0.25) is 5.02 Å². The van der Waals surface area contributed by atoms with Gasteiger partial charge >= 0.3 is 0 Å². The molecule has 1 aromatic carbocycles. The van der Waals surface area contributed by atoms with Gasteiger partial charge in [0.05, 0.1) is 10.2 Å². The van der Waals surface area contributed by atoms with Crippen molar-refractivity contribution in [1.29, 1.82) is 0 Å². The number of hydrogen-bond donors (Lipinski definition) is 1. The Bertz CT molecular complexity index is 516. The lowest BCUT2D eigenvalue weighted by Crippen LogP contribution is -1.96. The van der Waals surface area contributed by atoms with Crippen LogP contribution in [0.1, 0.15) is 11.5 Å². The van der Waals surface area contributed by atoms with Gasteiger partial charge in [-0.3, -0.25) is 0 Å². The summed E-state index contributed by atoms with van der Waals surface area (Å²) in [5, 5.41) is 4.42. The van der Waals surface area contributed by atoms with E-state index in [9.17, 15) is 0 Å². The second-order valence-electron chi connectivity index (χ2n) is 3.35. The molecule has 0 spiro atoms. The molecule has 0 amide bonds. The fourth-order valence-electron chi connectivity index (χ4n) is 1.26. The highest BCUT2D eigenvalue weighted by Crippen LogP contribution is 2.28. The molecular formula is C11H10BrClN2O2. The number of aromatic nitrogens is 1. The molecule has 0 saturated carbocycles. The average Bonchev–Trinajstić information content (AvgIpc) is 2.76. The normalized spacial score (nSPS) is 10.5. The molecule has 0 aliphatic heterocycles. The van der Waals surface area contributed by atoms with Crippen molar-refractivity contribution < 1.29 is 9.26 Å². The van der Waals surface area contributed by atoms with Gasteiger partial charge in [-0.2, -0.15) is 0 Å². The van der Waals surface area contributed by atoms with E-state index in [0.717, 1.165) is 4.47 Å². The molecule has 0 radical (unpaired) electrons.